The molecule has 0 aromatic heterocycles. The van der Waals surface area contributed by atoms with Crippen molar-refractivity contribution in [2.45, 2.75) is 75.1 Å². The molecule has 2 saturated carbocycles. The van der Waals surface area contributed by atoms with Crippen LogP contribution in [0.1, 0.15) is 73.4 Å². The van der Waals surface area contributed by atoms with Gasteiger partial charge in [0.05, 0.1) is 18.4 Å². The third kappa shape index (κ3) is 5.41. The number of rotatable bonds is 1. The fourth-order valence-corrected chi connectivity index (χ4v) is 9.16. The van der Waals surface area contributed by atoms with Crippen LogP contribution in [0.3, 0.4) is 0 Å². The highest BCUT2D eigenvalue weighted by Gasteiger charge is 2.44. The van der Waals surface area contributed by atoms with Crippen LogP contribution in [-0.4, -0.2) is 42.1 Å². The Bertz CT molecular complexity index is 1350. The second-order valence-corrected chi connectivity index (χ2v) is 14.7. The highest BCUT2D eigenvalue weighted by atomic mass is 35.5. The van der Waals surface area contributed by atoms with Crippen LogP contribution in [0.25, 0.3) is 0 Å². The summed E-state index contributed by atoms with van der Waals surface area (Å²) in [6.45, 7) is 4.55. The molecule has 0 radical (unpaired) electrons. The molecular formula is C34H41ClN2O3S. The van der Waals surface area contributed by atoms with E-state index in [4.69, 9.17) is 16.3 Å². The normalized spacial score (nSPS) is 34.4. The van der Waals surface area contributed by atoms with Gasteiger partial charge in [-0.1, -0.05) is 36.7 Å². The average molecular weight is 593 g/mol. The number of hydrogen-bond acceptors (Lipinski definition) is 5. The van der Waals surface area contributed by atoms with Crippen molar-refractivity contribution >= 4 is 35.1 Å². The minimum absolute atomic E-state index is 0.0354. The van der Waals surface area contributed by atoms with Crippen molar-refractivity contribution in [3.8, 4) is 5.75 Å². The number of aliphatic hydroxyl groups excluding tert-OH is 1. The minimum atomic E-state index is -0.416. The number of anilines is 1. The van der Waals surface area contributed by atoms with Gasteiger partial charge in [0.2, 0.25) is 0 Å². The maximum absolute atomic E-state index is 13.5. The van der Waals surface area contributed by atoms with Crippen molar-refractivity contribution in [1.29, 1.82) is 0 Å². The summed E-state index contributed by atoms with van der Waals surface area (Å²) >= 11 is 8.01. The van der Waals surface area contributed by atoms with Crippen molar-refractivity contribution in [1.82, 2.24) is 4.72 Å². The lowest BCUT2D eigenvalue weighted by Gasteiger charge is -2.45. The summed E-state index contributed by atoms with van der Waals surface area (Å²) in [7, 11) is 0. The lowest BCUT2D eigenvalue weighted by Crippen LogP contribution is -2.49. The molecule has 0 unspecified atom stereocenters. The highest BCUT2D eigenvalue weighted by Crippen LogP contribution is 2.47. The van der Waals surface area contributed by atoms with Crippen LogP contribution in [0.2, 0.25) is 5.02 Å². The van der Waals surface area contributed by atoms with Crippen molar-refractivity contribution < 1.29 is 14.6 Å². The minimum Gasteiger partial charge on any atom is -0.490 e. The summed E-state index contributed by atoms with van der Waals surface area (Å²) in [5.41, 5.74) is 4.19. The average Bonchev–Trinajstić information content (AvgIpc) is 3.79. The number of nitrogens with zero attached hydrogens (tertiary/aromatic N) is 1. The lowest BCUT2D eigenvalue weighted by atomic mass is 9.68. The van der Waals surface area contributed by atoms with Crippen molar-refractivity contribution in [3.63, 3.8) is 0 Å². The van der Waals surface area contributed by atoms with E-state index in [2.05, 4.69) is 34.8 Å². The van der Waals surface area contributed by atoms with Gasteiger partial charge in [0.1, 0.15) is 5.75 Å². The van der Waals surface area contributed by atoms with Crippen LogP contribution < -0.4 is 14.4 Å². The maximum atomic E-state index is 13.5. The van der Waals surface area contributed by atoms with Crippen molar-refractivity contribution in [2.24, 2.45) is 23.7 Å². The molecule has 2 aliphatic heterocycles. The van der Waals surface area contributed by atoms with Crippen LogP contribution in [0.15, 0.2) is 48.6 Å². The first kappa shape index (κ1) is 27.7. The van der Waals surface area contributed by atoms with Crippen molar-refractivity contribution in [2.75, 3.05) is 24.6 Å². The van der Waals surface area contributed by atoms with Gasteiger partial charge in [-0.05, 0) is 128 Å². The predicted molar refractivity (Wildman–Crippen MR) is 167 cm³/mol. The summed E-state index contributed by atoms with van der Waals surface area (Å²) in [6.07, 6.45) is 12.6. The Hall–Kier alpha value is -2.15. The van der Waals surface area contributed by atoms with E-state index in [0.29, 0.717) is 35.2 Å². The quantitative estimate of drug-likeness (QED) is 0.277. The zero-order chi connectivity index (χ0) is 28.1. The molecule has 6 atom stereocenters. The van der Waals surface area contributed by atoms with E-state index >= 15 is 0 Å². The Morgan fingerprint density at radius 1 is 1.12 bits per heavy atom. The predicted octanol–water partition coefficient (Wildman–Crippen LogP) is 6.95. The standard InChI is InChI=1S/C34H41ClN2O3S/c1-21-4-2-6-30(38)27-12-9-25(27)18-37-19-34(15-3-5-23-16-26(35)11-13-28(23)34)20-40-31-14-10-24(17-29(31)37)33(39)36-41-32(21)22-7-8-22/h2,6,10-11,13-14,16-17,21-22,25,27,30,32,38H,3-5,7-9,12,15,18-20H2,1H3,(H,36,39)/b6-2-/t21-,25+,27-,30+,32-,34+/m1/s1. The third-order valence-corrected chi connectivity index (χ3v) is 12.1. The Morgan fingerprint density at radius 3 is 2.78 bits per heavy atom. The number of ether oxygens (including phenoxy) is 1. The summed E-state index contributed by atoms with van der Waals surface area (Å²) < 4.78 is 9.83. The molecule has 2 fully saturated rings. The van der Waals surface area contributed by atoms with Crippen molar-refractivity contribution in [3.05, 3.63) is 70.3 Å². The molecule has 0 saturated heterocycles. The van der Waals surface area contributed by atoms with Gasteiger partial charge in [0.15, 0.2) is 0 Å². The fourth-order valence-electron chi connectivity index (χ4n) is 7.80. The molecule has 3 aliphatic carbocycles. The van der Waals surface area contributed by atoms with Gasteiger partial charge >= 0.3 is 0 Å². The van der Waals surface area contributed by atoms with E-state index in [0.717, 1.165) is 68.1 Å². The molecule has 1 spiro atoms. The number of nitrogens with one attached hydrogen (secondary N) is 1. The summed E-state index contributed by atoms with van der Waals surface area (Å²) in [4.78, 5) is 16.0. The van der Waals surface area contributed by atoms with Crippen LogP contribution in [-0.2, 0) is 11.8 Å². The molecule has 7 heteroatoms. The van der Waals surface area contributed by atoms with E-state index in [1.54, 1.807) is 11.9 Å². The number of carbonyl (C=O) groups excluding carboxylic acids is 1. The van der Waals surface area contributed by atoms with E-state index in [1.165, 1.54) is 24.0 Å². The number of allylic oxidation sites excluding steroid dienone is 1. The Balaban J connectivity index is 1.26. The number of hydrogen-bond donors (Lipinski definition) is 2. The Morgan fingerprint density at radius 2 is 1.98 bits per heavy atom. The van der Waals surface area contributed by atoms with Gasteiger partial charge in [0, 0.05) is 34.3 Å². The molecule has 41 heavy (non-hydrogen) atoms. The molecule has 2 heterocycles. The maximum Gasteiger partial charge on any atom is 0.261 e. The number of aryl methyl sites for hydroxylation is 1. The number of halogens is 1. The molecule has 5 nitrogen and oxygen atoms in total. The number of fused-ring (bicyclic) bond motifs is 4. The first-order valence-corrected chi connectivity index (χ1v) is 16.8. The van der Waals surface area contributed by atoms with Gasteiger partial charge in [-0.2, -0.15) is 0 Å². The largest absolute Gasteiger partial charge is 0.490 e. The van der Waals surface area contributed by atoms with E-state index in [-0.39, 0.29) is 17.2 Å². The zero-order valence-corrected chi connectivity index (χ0v) is 25.4. The molecule has 2 aromatic carbocycles. The van der Waals surface area contributed by atoms with Crippen LogP contribution in [0, 0.1) is 23.7 Å². The summed E-state index contributed by atoms with van der Waals surface area (Å²) in [5.74, 6) is 2.55. The number of carbonyl (C=O) groups is 1. The summed E-state index contributed by atoms with van der Waals surface area (Å²) in [6, 6.07) is 12.3. The first-order valence-electron chi connectivity index (χ1n) is 15.5. The second kappa shape index (κ2) is 11.2. The zero-order valence-electron chi connectivity index (χ0n) is 23.9. The highest BCUT2D eigenvalue weighted by molar-refractivity contribution is 7.98. The topological polar surface area (TPSA) is 61.8 Å². The Kier molecular flexibility index (Phi) is 7.53. The molecular weight excluding hydrogens is 552 g/mol. The Labute approximate surface area is 253 Å². The number of benzene rings is 2. The monoisotopic (exact) mass is 592 g/mol. The van der Waals surface area contributed by atoms with Crippen LogP contribution in [0.4, 0.5) is 5.69 Å². The summed E-state index contributed by atoms with van der Waals surface area (Å²) in [5, 5.41) is 12.4. The van der Waals surface area contributed by atoms with Gasteiger partial charge in [-0.15, -0.1) is 0 Å². The second-order valence-electron chi connectivity index (χ2n) is 13.3. The van der Waals surface area contributed by atoms with Crippen LogP contribution >= 0.6 is 23.5 Å². The van der Waals surface area contributed by atoms with Crippen LogP contribution in [0.5, 0.6) is 5.75 Å². The molecule has 1 amide bonds. The molecule has 218 valence electrons. The number of amides is 1. The number of aliphatic hydroxyl groups is 1. The lowest BCUT2D eigenvalue weighted by molar-refractivity contribution is 0.0455. The smallest absolute Gasteiger partial charge is 0.261 e. The molecule has 2 N–H and O–H groups in total. The van der Waals surface area contributed by atoms with Gasteiger partial charge in [-0.25, -0.2) is 0 Å². The van der Waals surface area contributed by atoms with Gasteiger partial charge < -0.3 is 14.7 Å². The van der Waals surface area contributed by atoms with Gasteiger partial charge in [-0.3, -0.25) is 9.52 Å². The fraction of sp³-hybridized carbons (Fsp3) is 0.559. The molecule has 2 bridgehead atoms. The third-order valence-electron chi connectivity index (χ3n) is 10.4. The first-order chi connectivity index (χ1) is 19.9. The van der Waals surface area contributed by atoms with Gasteiger partial charge in [0.25, 0.3) is 5.91 Å². The molecule has 2 aromatic rings. The molecule has 5 aliphatic rings. The molecule has 7 rings (SSSR count). The SMILES string of the molecule is C[C@@H]1C/C=C\[C@H](O)[C@@H]2CC[C@H]2CN2C[C@@]3(CCCc4cc(Cl)ccc43)COc3ccc(cc32)C(=O)NS[C@H]1C1CC1. The van der Waals surface area contributed by atoms with E-state index in [1.807, 2.05) is 30.3 Å². The van der Waals surface area contributed by atoms with E-state index in [9.17, 15) is 9.90 Å². The van der Waals surface area contributed by atoms with E-state index < -0.39 is 6.10 Å².